The van der Waals surface area contributed by atoms with Crippen molar-refractivity contribution in [3.63, 3.8) is 0 Å². The highest BCUT2D eigenvalue weighted by Gasteiger charge is 2.37. The SMILES string of the molecule is CCOC(=O)C1NC(C(=O)O)Cc2c1[nH]c1ccccc21. The molecular weight excluding hydrogens is 272 g/mol. The molecule has 1 aliphatic heterocycles. The van der Waals surface area contributed by atoms with Gasteiger partial charge in [0.1, 0.15) is 12.1 Å². The van der Waals surface area contributed by atoms with E-state index in [1.54, 1.807) is 6.92 Å². The molecule has 0 radical (unpaired) electrons. The van der Waals surface area contributed by atoms with Gasteiger partial charge in [0, 0.05) is 23.0 Å². The van der Waals surface area contributed by atoms with Crippen LogP contribution in [0.5, 0.6) is 0 Å². The predicted molar refractivity (Wildman–Crippen MR) is 75.9 cm³/mol. The van der Waals surface area contributed by atoms with Crippen molar-refractivity contribution in [1.82, 2.24) is 10.3 Å². The van der Waals surface area contributed by atoms with Crippen LogP contribution in [0.3, 0.4) is 0 Å². The van der Waals surface area contributed by atoms with Crippen molar-refractivity contribution in [3.8, 4) is 0 Å². The number of aliphatic carboxylic acids is 1. The lowest BCUT2D eigenvalue weighted by Gasteiger charge is -2.27. The quantitative estimate of drug-likeness (QED) is 0.742. The van der Waals surface area contributed by atoms with Gasteiger partial charge in [-0.2, -0.15) is 0 Å². The van der Waals surface area contributed by atoms with E-state index in [1.165, 1.54) is 0 Å². The highest BCUT2D eigenvalue weighted by Crippen LogP contribution is 2.32. The molecule has 0 saturated heterocycles. The van der Waals surface area contributed by atoms with Gasteiger partial charge in [-0.05, 0) is 18.6 Å². The minimum absolute atomic E-state index is 0.254. The van der Waals surface area contributed by atoms with Crippen molar-refractivity contribution in [1.29, 1.82) is 0 Å². The summed E-state index contributed by atoms with van der Waals surface area (Å²) < 4.78 is 5.05. The number of fused-ring (bicyclic) bond motifs is 3. The van der Waals surface area contributed by atoms with E-state index in [1.807, 2.05) is 24.3 Å². The van der Waals surface area contributed by atoms with Crippen LogP contribution >= 0.6 is 0 Å². The third-order valence-electron chi connectivity index (χ3n) is 3.73. The van der Waals surface area contributed by atoms with E-state index in [4.69, 9.17) is 4.74 Å². The largest absolute Gasteiger partial charge is 0.480 e. The molecule has 1 aromatic carbocycles. The first kappa shape index (κ1) is 13.6. The molecule has 1 aliphatic rings. The molecule has 0 bridgehead atoms. The van der Waals surface area contributed by atoms with Crippen LogP contribution in [0.1, 0.15) is 24.2 Å². The molecule has 6 nitrogen and oxygen atoms in total. The Kier molecular flexibility index (Phi) is 3.39. The fourth-order valence-corrected chi connectivity index (χ4v) is 2.80. The molecule has 0 fully saturated rings. The number of carbonyl (C=O) groups is 2. The van der Waals surface area contributed by atoms with E-state index < -0.39 is 24.0 Å². The summed E-state index contributed by atoms with van der Waals surface area (Å²) in [5.74, 6) is -1.43. The van der Waals surface area contributed by atoms with Crippen LogP contribution in [0.15, 0.2) is 24.3 Å². The van der Waals surface area contributed by atoms with Crippen molar-refractivity contribution in [2.24, 2.45) is 0 Å². The van der Waals surface area contributed by atoms with Gasteiger partial charge in [0.05, 0.1) is 6.61 Å². The molecule has 2 heterocycles. The molecular formula is C15H16N2O4. The topological polar surface area (TPSA) is 91.4 Å². The second-order valence-corrected chi connectivity index (χ2v) is 5.01. The average molecular weight is 288 g/mol. The number of hydrogen-bond donors (Lipinski definition) is 3. The van der Waals surface area contributed by atoms with E-state index in [2.05, 4.69) is 10.3 Å². The molecule has 2 atom stereocenters. The van der Waals surface area contributed by atoms with Crippen molar-refractivity contribution >= 4 is 22.8 Å². The molecule has 6 heteroatoms. The normalized spacial score (nSPS) is 21.0. The Labute approximate surface area is 121 Å². The number of nitrogens with one attached hydrogen (secondary N) is 2. The Bertz CT molecular complexity index is 707. The maximum Gasteiger partial charge on any atom is 0.329 e. The third kappa shape index (κ3) is 2.27. The van der Waals surface area contributed by atoms with Crippen molar-refractivity contribution < 1.29 is 19.4 Å². The van der Waals surface area contributed by atoms with Gasteiger partial charge in [0.15, 0.2) is 0 Å². The lowest BCUT2D eigenvalue weighted by molar-refractivity contribution is -0.147. The fraction of sp³-hybridized carbons (Fsp3) is 0.333. The van der Waals surface area contributed by atoms with Crippen LogP contribution in [-0.4, -0.2) is 34.7 Å². The number of para-hydroxylation sites is 1. The standard InChI is InChI=1S/C15H16N2O4/c1-2-21-15(20)13-12-9(7-11(17-13)14(18)19)8-5-3-4-6-10(8)16-12/h3-6,11,13,16-17H,2,7H2,1H3,(H,18,19). The Hall–Kier alpha value is -2.34. The smallest absolute Gasteiger partial charge is 0.329 e. The van der Waals surface area contributed by atoms with Crippen LogP contribution in [0.2, 0.25) is 0 Å². The Morgan fingerprint density at radius 3 is 2.86 bits per heavy atom. The zero-order chi connectivity index (χ0) is 15.0. The number of rotatable bonds is 3. The number of carboxylic acid groups (broad SMARTS) is 1. The number of aromatic amines is 1. The number of ether oxygens (including phenoxy) is 1. The molecule has 3 N–H and O–H groups in total. The molecule has 110 valence electrons. The zero-order valence-electron chi connectivity index (χ0n) is 11.6. The molecule has 0 amide bonds. The number of H-pyrrole nitrogens is 1. The summed E-state index contributed by atoms with van der Waals surface area (Å²) in [4.78, 5) is 26.6. The first-order valence-electron chi connectivity index (χ1n) is 6.86. The summed E-state index contributed by atoms with van der Waals surface area (Å²) in [7, 11) is 0. The average Bonchev–Trinajstić information content (AvgIpc) is 2.85. The molecule has 21 heavy (non-hydrogen) atoms. The van der Waals surface area contributed by atoms with Crippen LogP contribution in [0.25, 0.3) is 10.9 Å². The molecule has 2 aromatic rings. The number of hydrogen-bond acceptors (Lipinski definition) is 4. The Morgan fingerprint density at radius 2 is 2.14 bits per heavy atom. The number of benzene rings is 1. The second kappa shape index (κ2) is 5.21. The van der Waals surface area contributed by atoms with E-state index >= 15 is 0 Å². The molecule has 0 saturated carbocycles. The zero-order valence-corrected chi connectivity index (χ0v) is 11.6. The van der Waals surface area contributed by atoms with E-state index in [0.29, 0.717) is 12.1 Å². The predicted octanol–water partition coefficient (Wildman–Crippen LogP) is 1.37. The minimum atomic E-state index is -0.972. The molecule has 0 spiro atoms. The van der Waals surface area contributed by atoms with Gasteiger partial charge in [0.2, 0.25) is 0 Å². The maximum atomic E-state index is 12.1. The van der Waals surface area contributed by atoms with Gasteiger partial charge in [-0.25, -0.2) is 4.79 Å². The van der Waals surface area contributed by atoms with Crippen LogP contribution < -0.4 is 5.32 Å². The van der Waals surface area contributed by atoms with Crippen molar-refractivity contribution in [2.45, 2.75) is 25.4 Å². The highest BCUT2D eigenvalue weighted by atomic mass is 16.5. The first-order chi connectivity index (χ1) is 10.1. The van der Waals surface area contributed by atoms with Crippen LogP contribution in [0.4, 0.5) is 0 Å². The van der Waals surface area contributed by atoms with Gasteiger partial charge in [-0.3, -0.25) is 10.1 Å². The number of aromatic nitrogens is 1. The Morgan fingerprint density at radius 1 is 1.38 bits per heavy atom. The summed E-state index contributed by atoms with van der Waals surface area (Å²) in [6.45, 7) is 1.98. The summed E-state index contributed by atoms with van der Waals surface area (Å²) >= 11 is 0. The summed E-state index contributed by atoms with van der Waals surface area (Å²) in [5.41, 5.74) is 2.46. The third-order valence-corrected chi connectivity index (χ3v) is 3.73. The maximum absolute atomic E-state index is 12.1. The minimum Gasteiger partial charge on any atom is -0.480 e. The molecule has 0 aliphatic carbocycles. The van der Waals surface area contributed by atoms with Crippen LogP contribution in [-0.2, 0) is 20.7 Å². The van der Waals surface area contributed by atoms with Crippen molar-refractivity contribution in [3.05, 3.63) is 35.5 Å². The lowest BCUT2D eigenvalue weighted by atomic mass is 9.94. The Balaban J connectivity index is 2.11. The monoisotopic (exact) mass is 288 g/mol. The van der Waals surface area contributed by atoms with E-state index in [-0.39, 0.29) is 6.61 Å². The molecule has 2 unspecified atom stereocenters. The lowest BCUT2D eigenvalue weighted by Crippen LogP contribution is -2.47. The molecule has 1 aromatic heterocycles. The number of carbonyl (C=O) groups excluding carboxylic acids is 1. The van der Waals surface area contributed by atoms with Crippen molar-refractivity contribution in [2.75, 3.05) is 6.61 Å². The first-order valence-corrected chi connectivity index (χ1v) is 6.86. The van der Waals surface area contributed by atoms with Gasteiger partial charge < -0.3 is 14.8 Å². The fourth-order valence-electron chi connectivity index (χ4n) is 2.80. The van der Waals surface area contributed by atoms with E-state index in [0.717, 1.165) is 16.5 Å². The van der Waals surface area contributed by atoms with Gasteiger partial charge in [-0.15, -0.1) is 0 Å². The summed E-state index contributed by atoms with van der Waals surface area (Å²) in [5, 5.41) is 13.1. The van der Waals surface area contributed by atoms with Crippen LogP contribution in [0, 0.1) is 0 Å². The second-order valence-electron chi connectivity index (χ2n) is 5.01. The summed E-state index contributed by atoms with van der Waals surface area (Å²) in [6, 6.07) is 6.05. The number of carboxylic acids is 1. The summed E-state index contributed by atoms with van der Waals surface area (Å²) in [6.07, 6.45) is 0.338. The van der Waals surface area contributed by atoms with Gasteiger partial charge in [-0.1, -0.05) is 18.2 Å². The van der Waals surface area contributed by atoms with Gasteiger partial charge >= 0.3 is 11.9 Å². The number of esters is 1. The van der Waals surface area contributed by atoms with Gasteiger partial charge in [0.25, 0.3) is 0 Å². The van der Waals surface area contributed by atoms with E-state index in [9.17, 15) is 14.7 Å². The highest BCUT2D eigenvalue weighted by molar-refractivity contribution is 5.90. The molecule has 3 rings (SSSR count).